The molecule has 2 unspecified atom stereocenters. The van der Waals surface area contributed by atoms with Crippen molar-refractivity contribution in [2.75, 3.05) is 5.32 Å². The molecular weight excluding hydrogens is 266 g/mol. The molecule has 5 heteroatoms. The molecule has 1 aromatic rings. The van der Waals surface area contributed by atoms with Crippen molar-refractivity contribution >= 4 is 17.5 Å². The van der Waals surface area contributed by atoms with Crippen LogP contribution in [-0.4, -0.2) is 23.9 Å². The van der Waals surface area contributed by atoms with E-state index in [-0.39, 0.29) is 5.91 Å². The molecule has 112 valence electrons. The Kier molecular flexibility index (Phi) is 3.92. The van der Waals surface area contributed by atoms with Gasteiger partial charge in [0.15, 0.2) is 0 Å². The lowest BCUT2D eigenvalue weighted by atomic mass is 9.89. The van der Waals surface area contributed by atoms with Crippen molar-refractivity contribution in [1.29, 1.82) is 0 Å². The minimum Gasteiger partial charge on any atom is -0.366 e. The van der Waals surface area contributed by atoms with Crippen molar-refractivity contribution in [3.05, 3.63) is 29.8 Å². The Balaban J connectivity index is 1.61. The van der Waals surface area contributed by atoms with Crippen LogP contribution in [0.25, 0.3) is 0 Å². The van der Waals surface area contributed by atoms with Crippen LogP contribution in [0.1, 0.15) is 42.5 Å². The van der Waals surface area contributed by atoms with Crippen LogP contribution in [0.3, 0.4) is 0 Å². The Morgan fingerprint density at radius 1 is 1.19 bits per heavy atom. The molecular formula is C16H21N3O2. The van der Waals surface area contributed by atoms with Crippen molar-refractivity contribution in [3.63, 3.8) is 0 Å². The number of piperidine rings is 1. The number of nitrogens with one attached hydrogen (secondary N) is 2. The van der Waals surface area contributed by atoms with Crippen molar-refractivity contribution < 1.29 is 9.59 Å². The van der Waals surface area contributed by atoms with Crippen LogP contribution in [-0.2, 0) is 4.79 Å². The number of rotatable bonds is 4. The van der Waals surface area contributed by atoms with E-state index in [0.717, 1.165) is 12.8 Å². The maximum atomic E-state index is 12.2. The van der Waals surface area contributed by atoms with Gasteiger partial charge in [0.05, 0.1) is 11.3 Å². The molecule has 4 N–H and O–H groups in total. The maximum Gasteiger partial charge on any atom is 0.250 e. The Hall–Kier alpha value is -1.88. The summed E-state index contributed by atoms with van der Waals surface area (Å²) in [4.78, 5) is 23.6. The predicted octanol–water partition coefficient (Wildman–Crippen LogP) is 1.64. The third kappa shape index (κ3) is 3.24. The highest BCUT2D eigenvalue weighted by atomic mass is 16.2. The number of para-hydroxylation sites is 1. The molecule has 0 spiro atoms. The zero-order valence-electron chi connectivity index (χ0n) is 12.0. The number of amides is 2. The molecule has 2 atom stereocenters. The quantitative estimate of drug-likeness (QED) is 0.787. The summed E-state index contributed by atoms with van der Waals surface area (Å²) in [7, 11) is 0. The zero-order valence-corrected chi connectivity index (χ0v) is 12.0. The average molecular weight is 287 g/mol. The van der Waals surface area contributed by atoms with Crippen LogP contribution in [0, 0.1) is 5.92 Å². The SMILES string of the molecule is NC(=O)c1ccccc1NC(=O)CC1CC2CCC(C1)N2. The minimum atomic E-state index is -0.522. The molecule has 2 heterocycles. The lowest BCUT2D eigenvalue weighted by Crippen LogP contribution is -2.39. The highest BCUT2D eigenvalue weighted by molar-refractivity contribution is 6.02. The number of anilines is 1. The maximum absolute atomic E-state index is 12.2. The molecule has 2 bridgehead atoms. The van der Waals surface area contributed by atoms with Gasteiger partial charge in [-0.25, -0.2) is 0 Å². The predicted molar refractivity (Wildman–Crippen MR) is 80.9 cm³/mol. The van der Waals surface area contributed by atoms with Gasteiger partial charge in [0.1, 0.15) is 0 Å². The second kappa shape index (κ2) is 5.85. The summed E-state index contributed by atoms with van der Waals surface area (Å²) in [6.45, 7) is 0. The number of benzene rings is 1. The molecule has 0 radical (unpaired) electrons. The number of hydrogen-bond donors (Lipinski definition) is 3. The first-order chi connectivity index (χ1) is 10.1. The number of fused-ring (bicyclic) bond motifs is 2. The summed E-state index contributed by atoms with van der Waals surface area (Å²) >= 11 is 0. The molecule has 2 aliphatic rings. The first-order valence-corrected chi connectivity index (χ1v) is 7.56. The smallest absolute Gasteiger partial charge is 0.250 e. The fraction of sp³-hybridized carbons (Fsp3) is 0.500. The van der Waals surface area contributed by atoms with Crippen molar-refractivity contribution in [2.24, 2.45) is 11.7 Å². The van der Waals surface area contributed by atoms with E-state index in [1.54, 1.807) is 24.3 Å². The molecule has 2 fully saturated rings. The number of hydrogen-bond acceptors (Lipinski definition) is 3. The van der Waals surface area contributed by atoms with Gasteiger partial charge in [0.25, 0.3) is 5.91 Å². The fourth-order valence-electron chi connectivity index (χ4n) is 3.61. The second-order valence-electron chi connectivity index (χ2n) is 6.14. The summed E-state index contributed by atoms with van der Waals surface area (Å²) in [5.41, 5.74) is 6.18. The summed E-state index contributed by atoms with van der Waals surface area (Å²) in [6, 6.07) is 8.03. The number of primary amides is 1. The van der Waals surface area contributed by atoms with E-state index in [1.807, 2.05) is 0 Å². The van der Waals surface area contributed by atoms with Crippen molar-refractivity contribution in [1.82, 2.24) is 5.32 Å². The Morgan fingerprint density at radius 3 is 2.52 bits per heavy atom. The molecule has 0 saturated carbocycles. The van der Waals surface area contributed by atoms with Crippen LogP contribution >= 0.6 is 0 Å². The molecule has 21 heavy (non-hydrogen) atoms. The van der Waals surface area contributed by atoms with Crippen LogP contribution in [0.4, 0.5) is 5.69 Å². The summed E-state index contributed by atoms with van der Waals surface area (Å²) in [5, 5.41) is 6.40. The van der Waals surface area contributed by atoms with E-state index < -0.39 is 5.91 Å². The molecule has 1 aromatic carbocycles. The first kappa shape index (κ1) is 14.1. The van der Waals surface area contributed by atoms with E-state index >= 15 is 0 Å². The van der Waals surface area contributed by atoms with Crippen molar-refractivity contribution in [2.45, 2.75) is 44.2 Å². The van der Waals surface area contributed by atoms with Gasteiger partial charge in [0, 0.05) is 18.5 Å². The lowest BCUT2D eigenvalue weighted by molar-refractivity contribution is -0.117. The van der Waals surface area contributed by atoms with Gasteiger partial charge < -0.3 is 16.4 Å². The van der Waals surface area contributed by atoms with Gasteiger partial charge in [-0.2, -0.15) is 0 Å². The fourth-order valence-corrected chi connectivity index (χ4v) is 3.61. The monoisotopic (exact) mass is 287 g/mol. The van der Waals surface area contributed by atoms with Crippen LogP contribution in [0.5, 0.6) is 0 Å². The lowest BCUT2D eigenvalue weighted by Gasteiger charge is -2.28. The van der Waals surface area contributed by atoms with Gasteiger partial charge in [-0.3, -0.25) is 9.59 Å². The minimum absolute atomic E-state index is 0.0324. The highest BCUT2D eigenvalue weighted by Gasteiger charge is 2.34. The van der Waals surface area contributed by atoms with E-state index in [4.69, 9.17) is 5.73 Å². The summed E-state index contributed by atoms with van der Waals surface area (Å²) in [5.74, 6) is -0.120. The molecule has 0 aliphatic carbocycles. The second-order valence-corrected chi connectivity index (χ2v) is 6.14. The zero-order chi connectivity index (χ0) is 14.8. The normalized spacial score (nSPS) is 27.3. The van der Waals surface area contributed by atoms with Crippen LogP contribution in [0.15, 0.2) is 24.3 Å². The van der Waals surface area contributed by atoms with Gasteiger partial charge >= 0.3 is 0 Å². The number of carbonyl (C=O) groups excluding carboxylic acids is 2. The van der Waals surface area contributed by atoms with E-state index in [9.17, 15) is 9.59 Å². The molecule has 2 amide bonds. The standard InChI is InChI=1S/C16H21N3O2/c17-16(21)13-3-1-2-4-14(13)19-15(20)9-10-7-11-5-6-12(8-10)18-11/h1-4,10-12,18H,5-9H2,(H2,17,21)(H,19,20). The van der Waals surface area contributed by atoms with E-state index in [1.165, 1.54) is 12.8 Å². The van der Waals surface area contributed by atoms with Crippen molar-refractivity contribution in [3.8, 4) is 0 Å². The molecule has 2 aliphatic heterocycles. The average Bonchev–Trinajstić information content (AvgIpc) is 2.78. The summed E-state index contributed by atoms with van der Waals surface area (Å²) < 4.78 is 0. The third-order valence-electron chi connectivity index (χ3n) is 4.51. The first-order valence-electron chi connectivity index (χ1n) is 7.56. The molecule has 5 nitrogen and oxygen atoms in total. The Labute approximate surface area is 124 Å². The third-order valence-corrected chi connectivity index (χ3v) is 4.51. The van der Waals surface area contributed by atoms with Crippen LogP contribution in [0.2, 0.25) is 0 Å². The van der Waals surface area contributed by atoms with Gasteiger partial charge in [-0.05, 0) is 43.7 Å². The Bertz CT molecular complexity index is 546. The van der Waals surface area contributed by atoms with Gasteiger partial charge in [-0.1, -0.05) is 12.1 Å². The Morgan fingerprint density at radius 2 is 1.86 bits per heavy atom. The van der Waals surface area contributed by atoms with Gasteiger partial charge in [0.2, 0.25) is 5.91 Å². The van der Waals surface area contributed by atoms with E-state index in [2.05, 4.69) is 10.6 Å². The van der Waals surface area contributed by atoms with Gasteiger partial charge in [-0.15, -0.1) is 0 Å². The van der Waals surface area contributed by atoms with Crippen LogP contribution < -0.4 is 16.4 Å². The molecule has 2 saturated heterocycles. The molecule has 0 aromatic heterocycles. The summed E-state index contributed by atoms with van der Waals surface area (Å²) in [6.07, 6.45) is 5.12. The topological polar surface area (TPSA) is 84.2 Å². The van der Waals surface area contributed by atoms with E-state index in [0.29, 0.717) is 35.7 Å². The largest absolute Gasteiger partial charge is 0.366 e. The molecule has 3 rings (SSSR count). The number of nitrogens with two attached hydrogens (primary N) is 1. The number of carbonyl (C=O) groups is 2. The highest BCUT2D eigenvalue weighted by Crippen LogP contribution is 2.32.